The highest BCUT2D eigenvalue weighted by molar-refractivity contribution is 7.08. The van der Waals surface area contributed by atoms with E-state index < -0.39 is 5.97 Å². The number of nitrogens with zero attached hydrogens (tertiary/aromatic N) is 2. The summed E-state index contributed by atoms with van der Waals surface area (Å²) in [6, 6.07) is 8.46. The van der Waals surface area contributed by atoms with E-state index >= 15 is 0 Å². The third kappa shape index (κ3) is 3.72. The summed E-state index contributed by atoms with van der Waals surface area (Å²) in [6.45, 7) is 0.202. The molecule has 126 valence electrons. The molecular weight excluding hydrogens is 338 g/mol. The van der Waals surface area contributed by atoms with Crippen molar-refractivity contribution >= 4 is 23.2 Å². The van der Waals surface area contributed by atoms with E-state index in [-0.39, 0.29) is 23.6 Å². The second-order valence-corrected chi connectivity index (χ2v) is 5.86. The Kier molecular flexibility index (Phi) is 5.15. The molecule has 0 saturated heterocycles. The lowest BCUT2D eigenvalue weighted by molar-refractivity contribution is 0.0596. The summed E-state index contributed by atoms with van der Waals surface area (Å²) in [5.41, 5.74) is 2.82. The van der Waals surface area contributed by atoms with Crippen LogP contribution in [0.3, 0.4) is 0 Å². The molecule has 0 fully saturated rings. The normalized spacial score (nSPS) is 10.3. The van der Waals surface area contributed by atoms with Crippen LogP contribution in [0.5, 0.6) is 0 Å². The monoisotopic (exact) mass is 353 g/mol. The molecule has 25 heavy (non-hydrogen) atoms. The van der Waals surface area contributed by atoms with Crippen LogP contribution in [-0.2, 0) is 11.3 Å². The van der Waals surface area contributed by atoms with Crippen LogP contribution in [0, 0.1) is 0 Å². The molecule has 1 amide bonds. The number of thiophene rings is 1. The van der Waals surface area contributed by atoms with Gasteiger partial charge in [0.15, 0.2) is 0 Å². The largest absolute Gasteiger partial charge is 0.465 e. The van der Waals surface area contributed by atoms with Crippen molar-refractivity contribution in [2.45, 2.75) is 6.54 Å². The lowest BCUT2D eigenvalue weighted by Gasteiger charge is -2.10. The van der Waals surface area contributed by atoms with Gasteiger partial charge in [-0.05, 0) is 23.6 Å². The summed E-state index contributed by atoms with van der Waals surface area (Å²) in [6.07, 6.45) is 3.20. The quantitative estimate of drug-likeness (QED) is 0.713. The van der Waals surface area contributed by atoms with Gasteiger partial charge in [0, 0.05) is 23.3 Å². The SMILES string of the molecule is COC(=O)c1ccccc1C(=O)NCc1nccnc1-c1ccsc1. The summed E-state index contributed by atoms with van der Waals surface area (Å²) in [5, 5.41) is 6.72. The predicted octanol–water partition coefficient (Wildman–Crippen LogP) is 2.92. The van der Waals surface area contributed by atoms with Crippen molar-refractivity contribution in [2.75, 3.05) is 7.11 Å². The highest BCUT2D eigenvalue weighted by atomic mass is 32.1. The Morgan fingerprint density at radius 2 is 1.88 bits per heavy atom. The van der Waals surface area contributed by atoms with Crippen LogP contribution in [0.1, 0.15) is 26.4 Å². The van der Waals surface area contributed by atoms with Crippen molar-refractivity contribution in [1.82, 2.24) is 15.3 Å². The van der Waals surface area contributed by atoms with Gasteiger partial charge in [0.2, 0.25) is 0 Å². The fourth-order valence-electron chi connectivity index (χ4n) is 2.36. The first kappa shape index (κ1) is 16.8. The van der Waals surface area contributed by atoms with Gasteiger partial charge >= 0.3 is 5.97 Å². The molecular formula is C18H15N3O3S. The molecule has 0 atom stereocenters. The van der Waals surface area contributed by atoms with E-state index in [9.17, 15) is 9.59 Å². The highest BCUT2D eigenvalue weighted by Crippen LogP contribution is 2.22. The molecule has 2 aromatic heterocycles. The van der Waals surface area contributed by atoms with Crippen LogP contribution in [0.2, 0.25) is 0 Å². The minimum absolute atomic E-state index is 0.202. The predicted molar refractivity (Wildman–Crippen MR) is 94.3 cm³/mol. The topological polar surface area (TPSA) is 81.2 Å². The maximum absolute atomic E-state index is 12.5. The van der Waals surface area contributed by atoms with E-state index in [1.807, 2.05) is 16.8 Å². The number of carbonyl (C=O) groups is 2. The average molecular weight is 353 g/mol. The van der Waals surface area contributed by atoms with Gasteiger partial charge in [-0.3, -0.25) is 14.8 Å². The summed E-state index contributed by atoms with van der Waals surface area (Å²) >= 11 is 1.57. The van der Waals surface area contributed by atoms with Crippen molar-refractivity contribution in [2.24, 2.45) is 0 Å². The number of nitrogens with one attached hydrogen (secondary N) is 1. The van der Waals surface area contributed by atoms with Crippen LogP contribution < -0.4 is 5.32 Å². The molecule has 0 spiro atoms. The lowest BCUT2D eigenvalue weighted by atomic mass is 10.1. The van der Waals surface area contributed by atoms with E-state index in [2.05, 4.69) is 15.3 Å². The van der Waals surface area contributed by atoms with Gasteiger partial charge in [0.05, 0.1) is 36.2 Å². The Hall–Kier alpha value is -3.06. The van der Waals surface area contributed by atoms with Gasteiger partial charge in [0.25, 0.3) is 5.91 Å². The van der Waals surface area contributed by atoms with Gasteiger partial charge in [-0.1, -0.05) is 12.1 Å². The maximum Gasteiger partial charge on any atom is 0.338 e. The van der Waals surface area contributed by atoms with E-state index in [1.54, 1.807) is 48.0 Å². The molecule has 0 aliphatic heterocycles. The third-order valence-electron chi connectivity index (χ3n) is 3.56. The van der Waals surface area contributed by atoms with Crippen LogP contribution in [0.4, 0.5) is 0 Å². The molecule has 2 heterocycles. The van der Waals surface area contributed by atoms with Gasteiger partial charge in [0.1, 0.15) is 0 Å². The molecule has 7 heteroatoms. The molecule has 6 nitrogen and oxygen atoms in total. The molecule has 0 saturated carbocycles. The molecule has 3 aromatic rings. The van der Waals surface area contributed by atoms with Gasteiger partial charge < -0.3 is 10.1 Å². The molecule has 0 radical (unpaired) electrons. The lowest BCUT2D eigenvalue weighted by Crippen LogP contribution is -2.26. The van der Waals surface area contributed by atoms with E-state index in [0.717, 1.165) is 11.3 Å². The van der Waals surface area contributed by atoms with Crippen molar-refractivity contribution in [3.8, 4) is 11.3 Å². The van der Waals surface area contributed by atoms with Crippen molar-refractivity contribution in [3.63, 3.8) is 0 Å². The fourth-order valence-corrected chi connectivity index (χ4v) is 3.01. The second-order valence-electron chi connectivity index (χ2n) is 5.08. The average Bonchev–Trinajstić information content (AvgIpc) is 3.20. The third-order valence-corrected chi connectivity index (χ3v) is 4.25. The number of methoxy groups -OCH3 is 1. The molecule has 1 N–H and O–H groups in total. The van der Waals surface area contributed by atoms with Crippen LogP contribution in [0.25, 0.3) is 11.3 Å². The minimum Gasteiger partial charge on any atom is -0.465 e. The number of rotatable bonds is 5. The number of hydrogen-bond acceptors (Lipinski definition) is 6. The number of amides is 1. The van der Waals surface area contributed by atoms with E-state index in [4.69, 9.17) is 4.74 Å². The van der Waals surface area contributed by atoms with Crippen LogP contribution in [-0.4, -0.2) is 29.0 Å². The number of ether oxygens (including phenoxy) is 1. The Morgan fingerprint density at radius 1 is 1.12 bits per heavy atom. The van der Waals surface area contributed by atoms with Gasteiger partial charge in [-0.25, -0.2) is 4.79 Å². The summed E-state index contributed by atoms with van der Waals surface area (Å²) in [5.74, 6) is -0.924. The molecule has 1 aromatic carbocycles. The zero-order chi connectivity index (χ0) is 17.6. The first-order valence-corrected chi connectivity index (χ1v) is 8.43. The number of carbonyl (C=O) groups excluding carboxylic acids is 2. The first-order valence-electron chi connectivity index (χ1n) is 7.48. The maximum atomic E-state index is 12.5. The van der Waals surface area contributed by atoms with Gasteiger partial charge in [-0.15, -0.1) is 0 Å². The minimum atomic E-state index is -0.552. The molecule has 0 aliphatic carbocycles. The zero-order valence-electron chi connectivity index (χ0n) is 13.4. The van der Waals surface area contributed by atoms with Crippen molar-refractivity contribution in [3.05, 3.63) is 70.3 Å². The molecule has 3 rings (SSSR count). The Bertz CT molecular complexity index is 894. The summed E-state index contributed by atoms with van der Waals surface area (Å²) in [7, 11) is 1.28. The first-order chi connectivity index (χ1) is 12.2. The summed E-state index contributed by atoms with van der Waals surface area (Å²) in [4.78, 5) is 33.0. The zero-order valence-corrected chi connectivity index (χ0v) is 14.2. The van der Waals surface area contributed by atoms with E-state index in [0.29, 0.717) is 5.69 Å². The standard InChI is InChI=1S/C18H15N3O3S/c1-24-18(23)14-5-3-2-4-13(14)17(22)21-10-15-16(20-8-7-19-15)12-6-9-25-11-12/h2-9,11H,10H2,1H3,(H,21,22). The number of aromatic nitrogens is 2. The van der Waals surface area contributed by atoms with Gasteiger partial charge in [-0.2, -0.15) is 11.3 Å². The van der Waals surface area contributed by atoms with Crippen molar-refractivity contribution in [1.29, 1.82) is 0 Å². The summed E-state index contributed by atoms with van der Waals surface area (Å²) < 4.78 is 4.72. The number of hydrogen-bond donors (Lipinski definition) is 1. The van der Waals surface area contributed by atoms with Crippen LogP contribution in [0.15, 0.2) is 53.5 Å². The van der Waals surface area contributed by atoms with Crippen LogP contribution >= 0.6 is 11.3 Å². The highest BCUT2D eigenvalue weighted by Gasteiger charge is 2.17. The van der Waals surface area contributed by atoms with E-state index in [1.165, 1.54) is 7.11 Å². The molecule has 0 aliphatic rings. The number of benzene rings is 1. The second kappa shape index (κ2) is 7.67. The fraction of sp³-hybridized carbons (Fsp3) is 0.111. The van der Waals surface area contributed by atoms with Crippen molar-refractivity contribution < 1.29 is 14.3 Å². The Labute approximate surface area is 148 Å². The molecule has 0 bridgehead atoms. The molecule has 0 unspecified atom stereocenters. The Balaban J connectivity index is 1.80. The smallest absolute Gasteiger partial charge is 0.338 e. The number of esters is 1. The Morgan fingerprint density at radius 3 is 2.60 bits per heavy atom.